The molecule has 0 aliphatic heterocycles. The van der Waals surface area contributed by atoms with Crippen molar-refractivity contribution >= 4 is 11.6 Å². The molecule has 0 bridgehead atoms. The minimum Gasteiger partial charge on any atom is -0.496 e. The number of aryl methyl sites for hydroxylation is 1. The average Bonchev–Trinajstić information content (AvgIpc) is 3.03. The number of primary amides is 1. The highest BCUT2D eigenvalue weighted by molar-refractivity contribution is 5.98. The van der Waals surface area contributed by atoms with Crippen LogP contribution in [0.25, 0.3) is 16.9 Å². The summed E-state index contributed by atoms with van der Waals surface area (Å²) < 4.78 is 7.29. The number of pyridine rings is 1. The van der Waals surface area contributed by atoms with Crippen LogP contribution in [0.4, 0.5) is 0 Å². The van der Waals surface area contributed by atoms with Crippen LogP contribution in [-0.4, -0.2) is 22.4 Å². The van der Waals surface area contributed by atoms with Crippen LogP contribution in [0.5, 0.6) is 5.75 Å². The third kappa shape index (κ3) is 2.78. The zero-order valence-electron chi connectivity index (χ0n) is 15.2. The molecule has 132 valence electrons. The summed E-state index contributed by atoms with van der Waals surface area (Å²) in [6.45, 7) is 5.57. The highest BCUT2D eigenvalue weighted by atomic mass is 16.5. The van der Waals surface area contributed by atoms with Crippen molar-refractivity contribution in [3.05, 3.63) is 53.3 Å². The second-order valence-electron chi connectivity index (χ2n) is 6.76. The number of aromatic nitrogens is 2. The summed E-state index contributed by atoms with van der Waals surface area (Å²) in [5.74, 6) is -0.0860. The van der Waals surface area contributed by atoms with E-state index in [4.69, 9.17) is 10.5 Å². The predicted octanol–water partition coefficient (Wildman–Crippen LogP) is 3.22. The van der Waals surface area contributed by atoms with E-state index in [2.05, 4.69) is 11.1 Å². The first-order valence-corrected chi connectivity index (χ1v) is 8.16. The van der Waals surface area contributed by atoms with Gasteiger partial charge >= 0.3 is 0 Å². The fourth-order valence-electron chi connectivity index (χ4n) is 3.03. The number of nitrogens with two attached hydrogens (primary N) is 1. The Morgan fingerprint density at radius 1 is 1.35 bits per heavy atom. The summed E-state index contributed by atoms with van der Waals surface area (Å²) in [5.41, 5.74) is 9.37. The van der Waals surface area contributed by atoms with Gasteiger partial charge in [0.05, 0.1) is 36.0 Å². The van der Waals surface area contributed by atoms with Crippen molar-refractivity contribution in [2.24, 2.45) is 5.73 Å². The largest absolute Gasteiger partial charge is 0.496 e. The highest BCUT2D eigenvalue weighted by Crippen LogP contribution is 2.31. The Hall–Kier alpha value is -3.33. The maximum absolute atomic E-state index is 11.7. The molecule has 26 heavy (non-hydrogen) atoms. The van der Waals surface area contributed by atoms with Gasteiger partial charge in [-0.3, -0.25) is 9.20 Å². The molecule has 0 aliphatic carbocycles. The Bertz CT molecular complexity index is 1060. The first kappa shape index (κ1) is 17.5. The second-order valence-corrected chi connectivity index (χ2v) is 6.76. The number of imidazole rings is 1. The number of nitrogens with zero attached hydrogens (tertiary/aromatic N) is 3. The van der Waals surface area contributed by atoms with E-state index in [1.807, 2.05) is 49.6 Å². The Morgan fingerprint density at radius 2 is 2.08 bits per heavy atom. The van der Waals surface area contributed by atoms with Gasteiger partial charge in [0.25, 0.3) is 5.91 Å². The van der Waals surface area contributed by atoms with E-state index >= 15 is 0 Å². The van der Waals surface area contributed by atoms with Crippen LogP contribution < -0.4 is 10.5 Å². The third-order valence-corrected chi connectivity index (χ3v) is 4.58. The molecule has 0 spiro atoms. The molecule has 0 unspecified atom stereocenters. The molecule has 0 saturated carbocycles. The van der Waals surface area contributed by atoms with Gasteiger partial charge in [-0.25, -0.2) is 4.98 Å². The molecule has 1 amide bonds. The fraction of sp³-hybridized carbons (Fsp3) is 0.250. The number of methoxy groups -OCH3 is 1. The van der Waals surface area contributed by atoms with Gasteiger partial charge in [-0.1, -0.05) is 0 Å². The summed E-state index contributed by atoms with van der Waals surface area (Å²) in [6.07, 6.45) is 3.66. The monoisotopic (exact) mass is 348 g/mol. The average molecular weight is 348 g/mol. The van der Waals surface area contributed by atoms with E-state index < -0.39 is 11.3 Å². The normalized spacial score (nSPS) is 11.3. The SMILES string of the molecule is COc1cc(-c2cnc3cc(C(C)(C)C#N)ccn23)cc(C)c1C(N)=O. The quantitative estimate of drug-likeness (QED) is 0.783. The van der Waals surface area contributed by atoms with Crippen molar-refractivity contribution in [2.45, 2.75) is 26.2 Å². The molecule has 2 N–H and O–H groups in total. The van der Waals surface area contributed by atoms with Gasteiger partial charge < -0.3 is 10.5 Å². The molecule has 3 aromatic rings. The second kappa shape index (κ2) is 6.19. The van der Waals surface area contributed by atoms with Crippen molar-refractivity contribution in [3.8, 4) is 23.1 Å². The lowest BCUT2D eigenvalue weighted by Crippen LogP contribution is -2.14. The van der Waals surface area contributed by atoms with Gasteiger partial charge in [-0.2, -0.15) is 5.26 Å². The van der Waals surface area contributed by atoms with Crippen LogP contribution in [0.3, 0.4) is 0 Å². The van der Waals surface area contributed by atoms with Crippen molar-refractivity contribution in [2.75, 3.05) is 7.11 Å². The molecule has 6 nitrogen and oxygen atoms in total. The number of carbonyl (C=O) groups excluding carboxylic acids is 1. The summed E-state index contributed by atoms with van der Waals surface area (Å²) >= 11 is 0. The molecule has 0 radical (unpaired) electrons. The first-order valence-electron chi connectivity index (χ1n) is 8.16. The van der Waals surface area contributed by atoms with Gasteiger partial charge in [0.2, 0.25) is 0 Å². The number of hydrogen-bond acceptors (Lipinski definition) is 4. The standard InChI is InChI=1S/C20H20N4O2/c1-12-7-13(8-16(26-4)18(12)19(22)25)15-10-23-17-9-14(5-6-24(15)17)20(2,3)11-21/h5-10H,1-4H3,(H2,22,25). The van der Waals surface area contributed by atoms with Gasteiger partial charge in [-0.05, 0) is 56.2 Å². The summed E-state index contributed by atoms with van der Waals surface area (Å²) in [5, 5.41) is 9.33. The van der Waals surface area contributed by atoms with E-state index in [0.717, 1.165) is 28.0 Å². The lowest BCUT2D eigenvalue weighted by molar-refractivity contribution is 0.0997. The number of hydrogen-bond donors (Lipinski definition) is 1. The number of benzene rings is 1. The van der Waals surface area contributed by atoms with Crippen LogP contribution in [0.2, 0.25) is 0 Å². The minimum atomic E-state index is -0.587. The number of amides is 1. The molecule has 2 heterocycles. The van der Waals surface area contributed by atoms with Crippen molar-refractivity contribution in [1.82, 2.24) is 9.38 Å². The Morgan fingerprint density at radius 3 is 2.69 bits per heavy atom. The minimum absolute atomic E-state index is 0.378. The Labute approximate surface area is 151 Å². The van der Waals surface area contributed by atoms with Crippen LogP contribution in [0.1, 0.15) is 35.3 Å². The third-order valence-electron chi connectivity index (χ3n) is 4.58. The first-order chi connectivity index (χ1) is 12.3. The molecule has 2 aromatic heterocycles. The molecular formula is C20H20N4O2. The fourth-order valence-corrected chi connectivity index (χ4v) is 3.03. The summed E-state index contributed by atoms with van der Waals surface area (Å²) in [6, 6.07) is 9.80. The van der Waals surface area contributed by atoms with Crippen LogP contribution >= 0.6 is 0 Å². The summed E-state index contributed by atoms with van der Waals surface area (Å²) in [4.78, 5) is 16.1. The van der Waals surface area contributed by atoms with Gasteiger partial charge in [-0.15, -0.1) is 0 Å². The van der Waals surface area contributed by atoms with Crippen LogP contribution in [-0.2, 0) is 5.41 Å². The topological polar surface area (TPSA) is 93.4 Å². The maximum Gasteiger partial charge on any atom is 0.252 e. The number of ether oxygens (including phenoxy) is 1. The molecule has 0 saturated heterocycles. The molecule has 3 rings (SSSR count). The molecule has 1 aromatic carbocycles. The van der Waals surface area contributed by atoms with Crippen molar-refractivity contribution in [3.63, 3.8) is 0 Å². The van der Waals surface area contributed by atoms with Gasteiger partial charge in [0, 0.05) is 11.8 Å². The van der Waals surface area contributed by atoms with Crippen molar-refractivity contribution in [1.29, 1.82) is 5.26 Å². The van der Waals surface area contributed by atoms with E-state index in [1.54, 1.807) is 12.3 Å². The summed E-state index contributed by atoms with van der Waals surface area (Å²) in [7, 11) is 1.51. The molecular weight excluding hydrogens is 328 g/mol. The predicted molar refractivity (Wildman–Crippen MR) is 99.1 cm³/mol. The van der Waals surface area contributed by atoms with Gasteiger partial charge in [0.15, 0.2) is 0 Å². The lowest BCUT2D eigenvalue weighted by atomic mass is 9.87. The van der Waals surface area contributed by atoms with E-state index in [0.29, 0.717) is 11.3 Å². The smallest absolute Gasteiger partial charge is 0.252 e. The maximum atomic E-state index is 11.7. The van der Waals surface area contributed by atoms with Crippen molar-refractivity contribution < 1.29 is 9.53 Å². The van der Waals surface area contributed by atoms with E-state index in [-0.39, 0.29) is 0 Å². The zero-order chi connectivity index (χ0) is 19.1. The number of nitriles is 1. The Kier molecular flexibility index (Phi) is 4.17. The highest BCUT2D eigenvalue weighted by Gasteiger charge is 2.21. The van der Waals surface area contributed by atoms with E-state index in [1.165, 1.54) is 7.11 Å². The molecule has 0 aliphatic rings. The number of carbonyl (C=O) groups is 1. The van der Waals surface area contributed by atoms with Crippen LogP contribution in [0, 0.1) is 18.3 Å². The molecule has 0 fully saturated rings. The molecule has 0 atom stereocenters. The number of rotatable bonds is 4. The Balaban J connectivity index is 2.17. The number of fused-ring (bicyclic) bond motifs is 1. The lowest BCUT2D eigenvalue weighted by Gasteiger charge is -2.16. The van der Waals surface area contributed by atoms with Crippen LogP contribution in [0.15, 0.2) is 36.7 Å². The zero-order valence-corrected chi connectivity index (χ0v) is 15.2. The molecule has 6 heteroatoms. The van der Waals surface area contributed by atoms with Gasteiger partial charge in [0.1, 0.15) is 11.4 Å². The van der Waals surface area contributed by atoms with E-state index in [9.17, 15) is 10.1 Å².